The van der Waals surface area contributed by atoms with Gasteiger partial charge in [0.05, 0.1) is 24.9 Å². The number of carbonyl (C=O) groups excluding carboxylic acids is 1. The molecule has 0 saturated carbocycles. The molecule has 0 spiro atoms. The molecule has 0 bridgehead atoms. The summed E-state index contributed by atoms with van der Waals surface area (Å²) >= 11 is 0. The number of nitrogens with one attached hydrogen (secondary N) is 1. The van der Waals surface area contributed by atoms with E-state index in [9.17, 15) is 4.79 Å². The molecule has 1 aliphatic rings. The van der Waals surface area contributed by atoms with Gasteiger partial charge in [-0.25, -0.2) is 4.79 Å². The van der Waals surface area contributed by atoms with Crippen LogP contribution in [0.15, 0.2) is 54.6 Å². The third-order valence-electron chi connectivity index (χ3n) is 5.05. The molecular formula is C23H29NO4. The van der Waals surface area contributed by atoms with Gasteiger partial charge in [0.25, 0.3) is 0 Å². The lowest BCUT2D eigenvalue weighted by Crippen LogP contribution is -2.43. The molecule has 0 aliphatic carbocycles. The Bertz CT molecular complexity index is 732. The first-order chi connectivity index (χ1) is 13.7. The van der Waals surface area contributed by atoms with Gasteiger partial charge >= 0.3 is 5.97 Å². The van der Waals surface area contributed by atoms with E-state index in [1.165, 1.54) is 5.56 Å². The van der Waals surface area contributed by atoms with Crippen LogP contribution in [0.1, 0.15) is 42.6 Å². The molecule has 1 aliphatic heterocycles. The van der Waals surface area contributed by atoms with Crippen molar-refractivity contribution in [1.82, 2.24) is 5.32 Å². The Morgan fingerprint density at radius 2 is 1.89 bits per heavy atom. The minimum atomic E-state index is -0.307. The Morgan fingerprint density at radius 3 is 2.61 bits per heavy atom. The van der Waals surface area contributed by atoms with Crippen molar-refractivity contribution >= 4 is 5.97 Å². The summed E-state index contributed by atoms with van der Waals surface area (Å²) in [5.74, 6) is 0.867. The standard InChI is InChI=1S/C23H29NO4/c1-3-26-23(25)19-9-11-21(12-10-19)28-17(2)20-13-14-24-22(15-20)27-16-18-7-5-4-6-8-18/h4-12,17,20,22,24H,3,13-16H2,1-2H3. The van der Waals surface area contributed by atoms with Gasteiger partial charge in [0, 0.05) is 5.92 Å². The molecule has 0 amide bonds. The van der Waals surface area contributed by atoms with Crippen molar-refractivity contribution in [2.45, 2.75) is 45.6 Å². The van der Waals surface area contributed by atoms with Crippen LogP contribution >= 0.6 is 0 Å². The summed E-state index contributed by atoms with van der Waals surface area (Å²) in [7, 11) is 0. The predicted molar refractivity (Wildman–Crippen MR) is 108 cm³/mol. The van der Waals surface area contributed by atoms with E-state index in [-0.39, 0.29) is 18.3 Å². The highest BCUT2D eigenvalue weighted by Gasteiger charge is 2.27. The molecule has 5 nitrogen and oxygen atoms in total. The van der Waals surface area contributed by atoms with Crippen molar-refractivity contribution in [3.05, 3.63) is 65.7 Å². The molecule has 150 valence electrons. The molecule has 5 heteroatoms. The highest BCUT2D eigenvalue weighted by molar-refractivity contribution is 5.89. The number of carbonyl (C=O) groups is 1. The Labute approximate surface area is 167 Å². The second-order valence-corrected chi connectivity index (χ2v) is 7.09. The third-order valence-corrected chi connectivity index (χ3v) is 5.05. The lowest BCUT2D eigenvalue weighted by Gasteiger charge is -2.33. The van der Waals surface area contributed by atoms with Crippen molar-refractivity contribution < 1.29 is 19.0 Å². The SMILES string of the molecule is CCOC(=O)c1ccc(OC(C)C2CCNC(OCc3ccccc3)C2)cc1. The smallest absolute Gasteiger partial charge is 0.338 e. The maximum absolute atomic E-state index is 11.7. The summed E-state index contributed by atoms with van der Waals surface area (Å²) in [5.41, 5.74) is 1.72. The molecule has 1 N–H and O–H groups in total. The number of esters is 1. The van der Waals surface area contributed by atoms with Crippen molar-refractivity contribution in [3.63, 3.8) is 0 Å². The lowest BCUT2D eigenvalue weighted by atomic mass is 9.92. The first-order valence-electron chi connectivity index (χ1n) is 9.98. The van der Waals surface area contributed by atoms with E-state index in [4.69, 9.17) is 14.2 Å². The summed E-state index contributed by atoms with van der Waals surface area (Å²) < 4.78 is 17.2. The lowest BCUT2D eigenvalue weighted by molar-refractivity contribution is -0.0293. The number of hydrogen-bond acceptors (Lipinski definition) is 5. The zero-order valence-corrected chi connectivity index (χ0v) is 16.6. The van der Waals surface area contributed by atoms with Crippen LogP contribution in [0.2, 0.25) is 0 Å². The molecule has 1 heterocycles. The zero-order chi connectivity index (χ0) is 19.8. The number of rotatable bonds is 8. The average Bonchev–Trinajstić information content (AvgIpc) is 2.74. The number of benzene rings is 2. The molecule has 3 rings (SSSR count). The Balaban J connectivity index is 1.49. The molecule has 0 aromatic heterocycles. The topological polar surface area (TPSA) is 56.8 Å². The highest BCUT2D eigenvalue weighted by atomic mass is 16.5. The van der Waals surface area contributed by atoms with Gasteiger partial charge in [0.2, 0.25) is 0 Å². The van der Waals surface area contributed by atoms with E-state index in [1.54, 1.807) is 19.1 Å². The van der Waals surface area contributed by atoms with E-state index >= 15 is 0 Å². The highest BCUT2D eigenvalue weighted by Crippen LogP contribution is 2.25. The summed E-state index contributed by atoms with van der Waals surface area (Å²) in [6.45, 7) is 5.79. The van der Waals surface area contributed by atoms with Gasteiger partial charge in [-0.3, -0.25) is 5.32 Å². The van der Waals surface area contributed by atoms with E-state index in [2.05, 4.69) is 24.4 Å². The van der Waals surface area contributed by atoms with Crippen LogP contribution in [0, 0.1) is 5.92 Å². The summed E-state index contributed by atoms with van der Waals surface area (Å²) in [6.07, 6.45) is 2.07. The van der Waals surface area contributed by atoms with Crippen LogP contribution in [0.25, 0.3) is 0 Å². The number of piperidine rings is 1. The predicted octanol–water partition coefficient (Wildman–Crippen LogP) is 4.17. The summed E-state index contributed by atoms with van der Waals surface area (Å²) in [5, 5.41) is 3.44. The fraction of sp³-hybridized carbons (Fsp3) is 0.435. The minimum absolute atomic E-state index is 0.0381. The van der Waals surface area contributed by atoms with Gasteiger partial charge in [0.1, 0.15) is 12.0 Å². The molecular weight excluding hydrogens is 354 g/mol. The summed E-state index contributed by atoms with van der Waals surface area (Å²) in [4.78, 5) is 11.7. The van der Waals surface area contributed by atoms with Gasteiger partial charge in [-0.15, -0.1) is 0 Å². The fourth-order valence-electron chi connectivity index (χ4n) is 3.43. The first kappa shape index (κ1) is 20.4. The van der Waals surface area contributed by atoms with Crippen molar-refractivity contribution in [2.75, 3.05) is 13.2 Å². The van der Waals surface area contributed by atoms with E-state index in [0.717, 1.165) is 25.1 Å². The number of ether oxygens (including phenoxy) is 3. The largest absolute Gasteiger partial charge is 0.490 e. The van der Waals surface area contributed by atoms with E-state index in [0.29, 0.717) is 24.7 Å². The normalized spacial score (nSPS) is 20.4. The molecule has 2 aromatic rings. The molecule has 2 aromatic carbocycles. The minimum Gasteiger partial charge on any atom is -0.490 e. The average molecular weight is 383 g/mol. The Hall–Kier alpha value is -2.37. The number of hydrogen-bond donors (Lipinski definition) is 1. The third kappa shape index (κ3) is 5.81. The van der Waals surface area contributed by atoms with Crippen molar-refractivity contribution in [3.8, 4) is 5.75 Å². The van der Waals surface area contributed by atoms with Crippen LogP contribution < -0.4 is 10.1 Å². The fourth-order valence-corrected chi connectivity index (χ4v) is 3.43. The van der Waals surface area contributed by atoms with Crippen molar-refractivity contribution in [2.24, 2.45) is 5.92 Å². The molecule has 3 atom stereocenters. The van der Waals surface area contributed by atoms with Gasteiger partial charge < -0.3 is 14.2 Å². The van der Waals surface area contributed by atoms with E-state index in [1.807, 2.05) is 30.3 Å². The Kier molecular flexibility index (Phi) is 7.46. The maximum Gasteiger partial charge on any atom is 0.338 e. The molecule has 0 radical (unpaired) electrons. The maximum atomic E-state index is 11.7. The molecule has 28 heavy (non-hydrogen) atoms. The zero-order valence-electron chi connectivity index (χ0n) is 16.6. The monoisotopic (exact) mass is 383 g/mol. The molecule has 1 saturated heterocycles. The van der Waals surface area contributed by atoms with Gasteiger partial charge in [-0.2, -0.15) is 0 Å². The van der Waals surface area contributed by atoms with Crippen LogP contribution in [0.4, 0.5) is 0 Å². The summed E-state index contributed by atoms with van der Waals surface area (Å²) in [6, 6.07) is 17.4. The quantitative estimate of drug-likeness (QED) is 0.693. The van der Waals surface area contributed by atoms with Gasteiger partial charge in [-0.1, -0.05) is 30.3 Å². The van der Waals surface area contributed by atoms with Crippen LogP contribution in [-0.4, -0.2) is 31.5 Å². The Morgan fingerprint density at radius 1 is 1.14 bits per heavy atom. The first-order valence-corrected chi connectivity index (χ1v) is 9.98. The van der Waals surface area contributed by atoms with Crippen LogP contribution in [0.5, 0.6) is 5.75 Å². The molecule has 3 unspecified atom stereocenters. The molecule has 1 fully saturated rings. The van der Waals surface area contributed by atoms with Gasteiger partial charge in [0.15, 0.2) is 0 Å². The van der Waals surface area contributed by atoms with Gasteiger partial charge in [-0.05, 0) is 63.1 Å². The second kappa shape index (κ2) is 10.2. The second-order valence-electron chi connectivity index (χ2n) is 7.09. The van der Waals surface area contributed by atoms with Crippen molar-refractivity contribution in [1.29, 1.82) is 0 Å². The van der Waals surface area contributed by atoms with Crippen LogP contribution in [-0.2, 0) is 16.1 Å². The van der Waals surface area contributed by atoms with Crippen LogP contribution in [0.3, 0.4) is 0 Å². The van der Waals surface area contributed by atoms with E-state index < -0.39 is 0 Å².